The van der Waals surface area contributed by atoms with E-state index >= 15 is 0 Å². The summed E-state index contributed by atoms with van der Waals surface area (Å²) in [6.07, 6.45) is 9.14. The van der Waals surface area contributed by atoms with Crippen LogP contribution < -0.4 is 5.32 Å². The van der Waals surface area contributed by atoms with Gasteiger partial charge in [0.2, 0.25) is 0 Å². The Hall–Kier alpha value is -1.34. The zero-order chi connectivity index (χ0) is 20.1. The van der Waals surface area contributed by atoms with Crippen LogP contribution in [0.5, 0.6) is 0 Å². The molecule has 0 radical (unpaired) electrons. The zero-order valence-corrected chi connectivity index (χ0v) is 18.2. The zero-order valence-electron chi connectivity index (χ0n) is 16.7. The number of amides is 2. The average molecular weight is 428 g/mol. The van der Waals surface area contributed by atoms with E-state index in [2.05, 4.69) is 17.2 Å². The van der Waals surface area contributed by atoms with Crippen LogP contribution in [0.1, 0.15) is 65.2 Å². The Bertz CT molecular complexity index is 667. The third kappa shape index (κ3) is 5.38. The third-order valence-electron chi connectivity index (χ3n) is 6.01. The topological polar surface area (TPSA) is 71.5 Å². The predicted octanol–water partition coefficient (Wildman–Crippen LogP) is 5.33. The number of carbonyl (C=O) groups excluding carboxylic acids is 2. The Morgan fingerprint density at radius 3 is 2.32 bits per heavy atom. The van der Waals surface area contributed by atoms with Crippen LogP contribution in [0.3, 0.4) is 0 Å². The van der Waals surface area contributed by atoms with Gasteiger partial charge in [-0.25, -0.2) is 9.78 Å². The van der Waals surface area contributed by atoms with Crippen molar-refractivity contribution in [1.82, 2.24) is 9.88 Å². The molecule has 2 amide bonds. The van der Waals surface area contributed by atoms with Gasteiger partial charge < -0.3 is 9.64 Å². The van der Waals surface area contributed by atoms with E-state index in [0.29, 0.717) is 16.1 Å². The lowest BCUT2D eigenvalue weighted by molar-refractivity contribution is -0.149. The Morgan fingerprint density at radius 1 is 1.18 bits per heavy atom. The first-order valence-electron chi connectivity index (χ1n) is 10.3. The lowest BCUT2D eigenvalue weighted by Gasteiger charge is -2.43. The minimum Gasteiger partial charge on any atom is -0.466 e. The Kier molecular flexibility index (Phi) is 7.57. The van der Waals surface area contributed by atoms with Gasteiger partial charge in [0.05, 0.1) is 18.7 Å². The maximum absolute atomic E-state index is 13.2. The van der Waals surface area contributed by atoms with Crippen molar-refractivity contribution in [2.75, 3.05) is 11.9 Å². The molecule has 0 unspecified atom stereocenters. The SMILES string of the molecule is CCOC(=O)C1CCC(N(C(=O)Nc2ncc(Cl)s2)C2CCC(C)CC2)CC1. The second kappa shape index (κ2) is 9.92. The lowest BCUT2D eigenvalue weighted by atomic mass is 9.82. The monoisotopic (exact) mass is 427 g/mol. The molecule has 2 aliphatic carbocycles. The molecule has 2 saturated carbocycles. The summed E-state index contributed by atoms with van der Waals surface area (Å²) in [5.74, 6) is 0.588. The quantitative estimate of drug-likeness (QED) is 0.644. The van der Waals surface area contributed by atoms with Crippen molar-refractivity contribution in [2.24, 2.45) is 11.8 Å². The Balaban J connectivity index is 1.67. The second-order valence-electron chi connectivity index (χ2n) is 7.98. The smallest absolute Gasteiger partial charge is 0.324 e. The number of urea groups is 1. The van der Waals surface area contributed by atoms with E-state index in [-0.39, 0.29) is 30.0 Å². The van der Waals surface area contributed by atoms with Crippen LogP contribution in [0.15, 0.2) is 6.20 Å². The third-order valence-corrected chi connectivity index (χ3v) is 7.04. The molecule has 0 aromatic carbocycles. The van der Waals surface area contributed by atoms with Crippen LogP contribution in [-0.2, 0) is 9.53 Å². The van der Waals surface area contributed by atoms with E-state index in [4.69, 9.17) is 16.3 Å². The van der Waals surface area contributed by atoms with Gasteiger partial charge in [0.1, 0.15) is 4.34 Å². The molecule has 156 valence electrons. The summed E-state index contributed by atoms with van der Waals surface area (Å²) in [6, 6.07) is 0.306. The fourth-order valence-electron chi connectivity index (χ4n) is 4.47. The number of anilines is 1. The lowest BCUT2D eigenvalue weighted by Crippen LogP contribution is -2.51. The van der Waals surface area contributed by atoms with Crippen molar-refractivity contribution in [1.29, 1.82) is 0 Å². The van der Waals surface area contributed by atoms with E-state index in [1.165, 1.54) is 11.3 Å². The molecule has 3 rings (SSSR count). The van der Waals surface area contributed by atoms with Crippen molar-refractivity contribution in [2.45, 2.75) is 77.3 Å². The average Bonchev–Trinajstić information content (AvgIpc) is 3.09. The van der Waals surface area contributed by atoms with Crippen molar-refractivity contribution in [3.63, 3.8) is 0 Å². The number of hydrogen-bond acceptors (Lipinski definition) is 5. The molecule has 0 atom stereocenters. The Labute approximate surface area is 176 Å². The molecule has 28 heavy (non-hydrogen) atoms. The molecule has 1 heterocycles. The number of esters is 1. The van der Waals surface area contributed by atoms with Gasteiger partial charge in [-0.2, -0.15) is 0 Å². The highest BCUT2D eigenvalue weighted by Crippen LogP contribution is 2.35. The molecule has 8 heteroatoms. The number of thiazole rings is 1. The molecule has 6 nitrogen and oxygen atoms in total. The highest BCUT2D eigenvalue weighted by atomic mass is 35.5. The Morgan fingerprint density at radius 2 is 1.79 bits per heavy atom. The fraction of sp³-hybridized carbons (Fsp3) is 0.750. The van der Waals surface area contributed by atoms with Gasteiger partial charge in [-0.15, -0.1) is 0 Å². The summed E-state index contributed by atoms with van der Waals surface area (Å²) in [7, 11) is 0. The van der Waals surface area contributed by atoms with Crippen LogP contribution in [-0.4, -0.2) is 40.6 Å². The molecule has 1 aromatic heterocycles. The van der Waals surface area contributed by atoms with Gasteiger partial charge >= 0.3 is 12.0 Å². The van der Waals surface area contributed by atoms with Crippen molar-refractivity contribution < 1.29 is 14.3 Å². The number of ether oxygens (including phenoxy) is 1. The first kappa shape index (κ1) is 21.4. The van der Waals surface area contributed by atoms with Crippen LogP contribution in [0.2, 0.25) is 4.34 Å². The maximum Gasteiger partial charge on any atom is 0.324 e. The number of carbonyl (C=O) groups is 2. The minimum absolute atomic E-state index is 0.0368. The van der Waals surface area contributed by atoms with E-state index in [0.717, 1.165) is 57.3 Å². The molecule has 1 N–H and O–H groups in total. The first-order chi connectivity index (χ1) is 13.5. The first-order valence-corrected chi connectivity index (χ1v) is 11.5. The summed E-state index contributed by atoms with van der Waals surface area (Å²) >= 11 is 7.23. The number of aromatic nitrogens is 1. The van der Waals surface area contributed by atoms with E-state index in [1.54, 1.807) is 6.20 Å². The summed E-state index contributed by atoms with van der Waals surface area (Å²) in [6.45, 7) is 4.54. The highest BCUT2D eigenvalue weighted by molar-refractivity contribution is 7.19. The van der Waals surface area contributed by atoms with Crippen LogP contribution in [0.25, 0.3) is 0 Å². The van der Waals surface area contributed by atoms with Crippen LogP contribution in [0, 0.1) is 11.8 Å². The number of nitrogens with zero attached hydrogens (tertiary/aromatic N) is 2. The summed E-state index contributed by atoms with van der Waals surface area (Å²) in [5.41, 5.74) is 0. The largest absolute Gasteiger partial charge is 0.466 e. The molecule has 0 saturated heterocycles. The van der Waals surface area contributed by atoms with Gasteiger partial charge in [-0.1, -0.05) is 29.9 Å². The van der Waals surface area contributed by atoms with Gasteiger partial charge in [-0.3, -0.25) is 10.1 Å². The standard InChI is InChI=1S/C20H30ClN3O3S/c1-3-27-18(25)14-6-10-16(11-7-14)24(15-8-4-13(2)5-9-15)20(26)23-19-22-12-17(21)28-19/h12-16H,3-11H2,1-2H3,(H,22,23,26). The molecular weight excluding hydrogens is 398 g/mol. The summed E-state index contributed by atoms with van der Waals surface area (Å²) in [4.78, 5) is 31.4. The number of halogens is 1. The molecule has 2 fully saturated rings. The van der Waals surface area contributed by atoms with Crippen molar-refractivity contribution in [3.05, 3.63) is 10.5 Å². The molecule has 0 aliphatic heterocycles. The maximum atomic E-state index is 13.2. The minimum atomic E-state index is -0.0964. The number of nitrogens with one attached hydrogen (secondary N) is 1. The number of hydrogen-bond donors (Lipinski definition) is 1. The van der Waals surface area contributed by atoms with E-state index in [1.807, 2.05) is 11.8 Å². The van der Waals surface area contributed by atoms with Gasteiger partial charge in [-0.05, 0) is 64.2 Å². The van der Waals surface area contributed by atoms with Crippen molar-refractivity contribution in [3.8, 4) is 0 Å². The van der Waals surface area contributed by atoms with Gasteiger partial charge in [0, 0.05) is 12.1 Å². The molecule has 0 spiro atoms. The normalized spacial score (nSPS) is 27.8. The molecule has 0 bridgehead atoms. The summed E-state index contributed by atoms with van der Waals surface area (Å²) in [5, 5.41) is 3.47. The highest BCUT2D eigenvalue weighted by Gasteiger charge is 2.37. The van der Waals surface area contributed by atoms with Crippen LogP contribution in [0.4, 0.5) is 9.93 Å². The van der Waals surface area contributed by atoms with E-state index in [9.17, 15) is 9.59 Å². The van der Waals surface area contributed by atoms with Gasteiger partial charge in [0.15, 0.2) is 5.13 Å². The van der Waals surface area contributed by atoms with Crippen LogP contribution >= 0.6 is 22.9 Å². The van der Waals surface area contributed by atoms with Gasteiger partial charge in [0.25, 0.3) is 0 Å². The van der Waals surface area contributed by atoms with Crippen molar-refractivity contribution >= 4 is 40.1 Å². The molecule has 2 aliphatic rings. The van der Waals surface area contributed by atoms with E-state index < -0.39 is 0 Å². The second-order valence-corrected chi connectivity index (χ2v) is 9.64. The number of rotatable bonds is 5. The summed E-state index contributed by atoms with van der Waals surface area (Å²) < 4.78 is 5.74. The predicted molar refractivity (Wildman–Crippen MR) is 112 cm³/mol. The molecular formula is C20H30ClN3O3S. The fourth-order valence-corrected chi connectivity index (χ4v) is 5.27. The molecule has 1 aromatic rings.